The molecule has 1 heterocycles. The number of carbonyl (C=O) groups excluding carboxylic acids is 4. The van der Waals surface area contributed by atoms with E-state index in [0.29, 0.717) is 22.0 Å². The largest absolute Gasteiger partial charge is 0.496 e. The summed E-state index contributed by atoms with van der Waals surface area (Å²) < 4.78 is 15.8. The molecule has 0 aliphatic carbocycles. The molecule has 0 unspecified atom stereocenters. The number of benzene rings is 2. The minimum Gasteiger partial charge on any atom is -0.496 e. The summed E-state index contributed by atoms with van der Waals surface area (Å²) in [6.07, 6.45) is 0.324. The Morgan fingerprint density at radius 2 is 1.46 bits per heavy atom. The molecule has 2 aromatic carbocycles. The molecular formula is C31H35N3O7. The number of hydrazine groups is 1. The van der Waals surface area contributed by atoms with Gasteiger partial charge in [-0.1, -0.05) is 23.3 Å². The molecule has 0 radical (unpaired) electrons. The van der Waals surface area contributed by atoms with E-state index in [1.165, 1.54) is 25.4 Å². The van der Waals surface area contributed by atoms with Crippen LogP contribution >= 0.6 is 0 Å². The zero-order chi connectivity index (χ0) is 30.5. The van der Waals surface area contributed by atoms with Crippen LogP contribution in [0.4, 0.5) is 4.79 Å². The number of methoxy groups -OCH3 is 1. The van der Waals surface area contributed by atoms with E-state index in [0.717, 1.165) is 16.1 Å². The number of hydrogen-bond donors (Lipinski definition) is 0. The fraction of sp³-hybridized carbons (Fsp3) is 0.323. The molecular weight excluding hydrogens is 526 g/mol. The Morgan fingerprint density at radius 3 is 2.05 bits per heavy atom. The van der Waals surface area contributed by atoms with Crippen molar-refractivity contribution in [3.8, 4) is 5.75 Å². The third-order valence-electron chi connectivity index (χ3n) is 6.20. The molecule has 0 atom stereocenters. The predicted octanol–water partition coefficient (Wildman–Crippen LogP) is 5.57. The lowest BCUT2D eigenvalue weighted by Gasteiger charge is -2.41. The fourth-order valence-corrected chi connectivity index (χ4v) is 4.32. The summed E-state index contributed by atoms with van der Waals surface area (Å²) >= 11 is 0. The van der Waals surface area contributed by atoms with Gasteiger partial charge in [0.2, 0.25) is 6.79 Å². The molecule has 0 fully saturated rings. The first-order valence-corrected chi connectivity index (χ1v) is 12.9. The van der Waals surface area contributed by atoms with Gasteiger partial charge in [-0.25, -0.2) is 14.6 Å². The van der Waals surface area contributed by atoms with E-state index in [4.69, 9.17) is 14.2 Å². The summed E-state index contributed by atoms with van der Waals surface area (Å²) in [6, 6.07) is 13.2. The van der Waals surface area contributed by atoms with Gasteiger partial charge < -0.3 is 14.2 Å². The number of carbonyl (C=O) groups is 4. The van der Waals surface area contributed by atoms with Crippen LogP contribution in [0.15, 0.2) is 54.7 Å². The highest BCUT2D eigenvalue weighted by atomic mass is 16.7. The molecule has 0 saturated heterocycles. The topological polar surface area (TPSA) is 115 Å². The zero-order valence-corrected chi connectivity index (χ0v) is 24.6. The van der Waals surface area contributed by atoms with Crippen LogP contribution in [0.5, 0.6) is 5.75 Å². The van der Waals surface area contributed by atoms with Crippen molar-refractivity contribution in [1.29, 1.82) is 0 Å². The summed E-state index contributed by atoms with van der Waals surface area (Å²) in [7, 11) is 1.46. The van der Waals surface area contributed by atoms with Crippen LogP contribution in [-0.2, 0) is 9.47 Å². The van der Waals surface area contributed by atoms with E-state index in [1.54, 1.807) is 65.0 Å². The maximum absolute atomic E-state index is 14.1. The average molecular weight is 562 g/mol. The number of imide groups is 1. The average Bonchev–Trinajstić information content (AvgIpc) is 2.90. The van der Waals surface area contributed by atoms with Crippen molar-refractivity contribution in [2.24, 2.45) is 0 Å². The Labute approximate surface area is 239 Å². The summed E-state index contributed by atoms with van der Waals surface area (Å²) in [6.45, 7) is 11.3. The van der Waals surface area contributed by atoms with Crippen LogP contribution < -0.4 is 4.74 Å². The Kier molecular flexibility index (Phi) is 9.49. The monoisotopic (exact) mass is 561 g/mol. The molecule has 0 aliphatic heterocycles. The second-order valence-electron chi connectivity index (χ2n) is 10.5. The standard InChI is InChI=1S/C31H35N3O7/c1-19-15-20(2)17-23(16-19)27(35)34(31(5,6)7)33(28(36)24-11-9-13-26(39-8)21(24)3)30(38)41-18-40-29(37)25-12-10-14-32-22(25)4/h9-17H,18H2,1-8H3. The van der Waals surface area contributed by atoms with Crippen LogP contribution in [0, 0.1) is 27.7 Å². The third-order valence-corrected chi connectivity index (χ3v) is 6.20. The number of pyridine rings is 1. The molecule has 10 heteroatoms. The van der Waals surface area contributed by atoms with Gasteiger partial charge in [-0.2, -0.15) is 0 Å². The van der Waals surface area contributed by atoms with E-state index in [1.807, 2.05) is 19.9 Å². The normalized spacial score (nSPS) is 10.9. The van der Waals surface area contributed by atoms with Gasteiger partial charge in [-0.3, -0.25) is 14.6 Å². The second-order valence-corrected chi connectivity index (χ2v) is 10.5. The first-order valence-electron chi connectivity index (χ1n) is 12.9. The van der Waals surface area contributed by atoms with Crippen molar-refractivity contribution in [3.05, 3.63) is 93.8 Å². The Bertz CT molecular complexity index is 1460. The van der Waals surface area contributed by atoms with Gasteiger partial charge in [-0.15, -0.1) is 5.01 Å². The van der Waals surface area contributed by atoms with Crippen molar-refractivity contribution in [2.75, 3.05) is 13.9 Å². The second kappa shape index (κ2) is 12.6. The zero-order valence-electron chi connectivity index (χ0n) is 24.6. The van der Waals surface area contributed by atoms with Gasteiger partial charge in [0, 0.05) is 22.9 Å². The van der Waals surface area contributed by atoms with Gasteiger partial charge in [-0.05, 0) is 84.9 Å². The molecule has 0 aliphatic rings. The Morgan fingerprint density at radius 1 is 0.829 bits per heavy atom. The quantitative estimate of drug-likeness (QED) is 0.218. The van der Waals surface area contributed by atoms with Gasteiger partial charge in [0.15, 0.2) is 0 Å². The molecule has 0 spiro atoms. The molecule has 3 aromatic rings. The van der Waals surface area contributed by atoms with Gasteiger partial charge in [0.05, 0.1) is 23.9 Å². The van der Waals surface area contributed by atoms with Gasteiger partial charge >= 0.3 is 12.1 Å². The fourth-order valence-electron chi connectivity index (χ4n) is 4.32. The molecule has 3 amide bonds. The summed E-state index contributed by atoms with van der Waals surface area (Å²) in [4.78, 5) is 58.2. The lowest BCUT2D eigenvalue weighted by atomic mass is 10.0. The first kappa shape index (κ1) is 30.8. The maximum atomic E-state index is 14.1. The molecule has 216 valence electrons. The Balaban J connectivity index is 2.03. The summed E-state index contributed by atoms with van der Waals surface area (Å²) in [5, 5.41) is 1.70. The molecule has 0 N–H and O–H groups in total. The maximum Gasteiger partial charge on any atom is 0.439 e. The minimum absolute atomic E-state index is 0.117. The minimum atomic E-state index is -1.21. The molecule has 41 heavy (non-hydrogen) atoms. The van der Waals surface area contributed by atoms with Gasteiger partial charge in [0.25, 0.3) is 11.8 Å². The van der Waals surface area contributed by atoms with E-state index in [9.17, 15) is 19.2 Å². The Hall–Kier alpha value is -4.73. The first-order chi connectivity index (χ1) is 19.3. The number of ether oxygens (including phenoxy) is 3. The number of nitrogens with zero attached hydrogens (tertiary/aromatic N) is 3. The van der Waals surface area contributed by atoms with E-state index >= 15 is 0 Å². The van der Waals surface area contributed by atoms with Crippen LogP contribution in [0.2, 0.25) is 0 Å². The van der Waals surface area contributed by atoms with Crippen LogP contribution in [0.1, 0.15) is 74.2 Å². The number of hydrogen-bond acceptors (Lipinski definition) is 8. The number of amides is 3. The van der Waals surface area contributed by atoms with Crippen molar-refractivity contribution in [1.82, 2.24) is 15.0 Å². The lowest BCUT2D eigenvalue weighted by molar-refractivity contribution is -0.0585. The highest BCUT2D eigenvalue weighted by Crippen LogP contribution is 2.27. The number of rotatable bonds is 6. The van der Waals surface area contributed by atoms with E-state index in [2.05, 4.69) is 4.98 Å². The molecule has 0 saturated carbocycles. The SMILES string of the molecule is COc1cccc(C(=O)N(C(=O)OCOC(=O)c2cccnc2C)N(C(=O)c2cc(C)cc(C)c2)C(C)(C)C)c1C. The van der Waals surface area contributed by atoms with Crippen molar-refractivity contribution >= 4 is 23.9 Å². The number of aromatic nitrogens is 1. The van der Waals surface area contributed by atoms with Gasteiger partial charge in [0.1, 0.15) is 5.75 Å². The molecule has 10 nitrogen and oxygen atoms in total. The predicted molar refractivity (Wildman–Crippen MR) is 151 cm³/mol. The molecule has 1 aromatic heterocycles. The summed E-state index contributed by atoms with van der Waals surface area (Å²) in [5.74, 6) is -1.76. The highest BCUT2D eigenvalue weighted by Gasteiger charge is 2.41. The molecule has 0 bridgehead atoms. The van der Waals surface area contributed by atoms with Crippen molar-refractivity contribution in [2.45, 2.75) is 54.0 Å². The lowest BCUT2D eigenvalue weighted by Crippen LogP contribution is -2.60. The van der Waals surface area contributed by atoms with Crippen molar-refractivity contribution in [3.63, 3.8) is 0 Å². The molecule has 3 rings (SSSR count). The highest BCUT2D eigenvalue weighted by molar-refractivity contribution is 6.07. The smallest absolute Gasteiger partial charge is 0.439 e. The third kappa shape index (κ3) is 7.08. The number of aryl methyl sites for hydroxylation is 3. The van der Waals surface area contributed by atoms with E-state index in [-0.39, 0.29) is 16.7 Å². The van der Waals surface area contributed by atoms with Crippen LogP contribution in [0.25, 0.3) is 0 Å². The summed E-state index contributed by atoms with van der Waals surface area (Å²) in [5.41, 5.74) is 2.10. The van der Waals surface area contributed by atoms with Crippen molar-refractivity contribution < 1.29 is 33.4 Å². The van der Waals surface area contributed by atoms with Crippen LogP contribution in [-0.4, -0.2) is 58.3 Å². The number of esters is 1. The van der Waals surface area contributed by atoms with Crippen LogP contribution in [0.3, 0.4) is 0 Å². The van der Waals surface area contributed by atoms with E-state index < -0.39 is 36.2 Å².